The Morgan fingerprint density at radius 3 is 1.52 bits per heavy atom. The Labute approximate surface area is 345 Å². The van der Waals surface area contributed by atoms with E-state index in [1.807, 2.05) is 6.92 Å². The van der Waals surface area contributed by atoms with Gasteiger partial charge in [-0.3, -0.25) is 0 Å². The van der Waals surface area contributed by atoms with Crippen molar-refractivity contribution in [3.8, 4) is 45.6 Å². The van der Waals surface area contributed by atoms with Crippen molar-refractivity contribution in [3.63, 3.8) is 0 Å². The van der Waals surface area contributed by atoms with Crippen LogP contribution in [0.2, 0.25) is 0 Å². The molecule has 7 aromatic rings. The van der Waals surface area contributed by atoms with Crippen molar-refractivity contribution in [3.05, 3.63) is 87.5 Å². The highest BCUT2D eigenvalue weighted by Crippen LogP contribution is 2.44. The highest BCUT2D eigenvalue weighted by molar-refractivity contribution is 6.12. The number of halogens is 15. The number of anilines is 1. The Hall–Kier alpha value is -7.01. The zero-order valence-electron chi connectivity index (χ0n) is 31.8. The highest BCUT2D eigenvalue weighted by Gasteiger charge is 2.36. The van der Waals surface area contributed by atoms with E-state index in [1.165, 1.54) is 0 Å². The Morgan fingerprint density at radius 2 is 0.906 bits per heavy atom. The average Bonchev–Trinajstić information content (AvgIpc) is 3.99. The molecular weight excluding hydrogens is 891 g/mol. The number of rotatable bonds is 8. The van der Waals surface area contributed by atoms with E-state index in [9.17, 15) is 26.3 Å². The molecule has 9 nitrogen and oxygen atoms in total. The second-order valence-corrected chi connectivity index (χ2v) is 14.4. The van der Waals surface area contributed by atoms with Gasteiger partial charge in [-0.05, 0) is 12.5 Å². The Bertz CT molecular complexity index is 3390. The summed E-state index contributed by atoms with van der Waals surface area (Å²) in [6.45, 7) is 1.86. The molecule has 330 valence electrons. The fourth-order valence-corrected chi connectivity index (χ4v) is 7.57. The Balaban J connectivity index is 1.50. The standard InChI is InChI=1S/C40H20F15N9/c1-2-3-4-5-6-7-8-56-32-18-15(23(46)30(53)31(32)54)36-58-33-10-9-11(41)19(42)20(43)12(10)34(57-33)62-39-16-17(25(48)29(52)28(51)24(16)47)40(64(39)55)63-37-14-13(35(59-37)60-38(18)61-36)21(44)26(49)27(50)22(14)45/h9,56H,2-8H2,1H3,(H,57,58,59,60,61,62,63). The molecular formula is C40H20F15N9. The molecule has 4 aromatic carbocycles. The van der Waals surface area contributed by atoms with Gasteiger partial charge in [0.15, 0.2) is 116 Å². The van der Waals surface area contributed by atoms with E-state index < -0.39 is 182 Å². The molecule has 0 amide bonds. The molecule has 2 aliphatic rings. The van der Waals surface area contributed by atoms with E-state index in [2.05, 4.69) is 40.2 Å². The van der Waals surface area contributed by atoms with Crippen LogP contribution in [0.25, 0.3) is 89.7 Å². The second kappa shape index (κ2) is 15.4. The number of unbranched alkanes of at least 4 members (excludes halogenated alkanes) is 5. The van der Waals surface area contributed by atoms with E-state index in [4.69, 9.17) is 0 Å². The van der Waals surface area contributed by atoms with Gasteiger partial charge in [0.1, 0.15) is 11.3 Å². The van der Waals surface area contributed by atoms with Gasteiger partial charge >= 0.3 is 0 Å². The topological polar surface area (TPSA) is 110 Å². The molecule has 0 saturated heterocycles. The lowest BCUT2D eigenvalue weighted by atomic mass is 10.1. The van der Waals surface area contributed by atoms with Crippen molar-refractivity contribution in [1.82, 2.24) is 39.7 Å². The first-order valence-corrected chi connectivity index (χ1v) is 18.8. The van der Waals surface area contributed by atoms with E-state index in [0.717, 1.165) is 25.7 Å². The number of aromatic amines is 1. The maximum atomic E-state index is 16.6. The first-order valence-electron chi connectivity index (χ1n) is 18.8. The second-order valence-electron chi connectivity index (χ2n) is 14.4. The first-order chi connectivity index (χ1) is 30.5. The summed E-state index contributed by atoms with van der Waals surface area (Å²) in [5, 5.41) is -2.54. The third-order valence-electron chi connectivity index (χ3n) is 10.6. The maximum absolute atomic E-state index is 16.6. The number of nitrogens with zero attached hydrogens (tertiary/aromatic N) is 7. The summed E-state index contributed by atoms with van der Waals surface area (Å²) in [7, 11) is 0. The first kappa shape index (κ1) is 42.3. The van der Waals surface area contributed by atoms with Crippen LogP contribution in [0.4, 0.5) is 71.6 Å². The van der Waals surface area contributed by atoms with E-state index in [-0.39, 0.29) is 12.6 Å². The predicted octanol–water partition coefficient (Wildman–Crippen LogP) is 11.8. The van der Waals surface area contributed by atoms with E-state index >= 15 is 39.6 Å². The third-order valence-corrected chi connectivity index (χ3v) is 10.6. The molecule has 64 heavy (non-hydrogen) atoms. The molecule has 0 spiro atoms. The molecule has 24 heteroatoms. The number of fused-ring (bicyclic) bond motifs is 20. The van der Waals surface area contributed by atoms with Crippen LogP contribution in [0, 0.1) is 81.4 Å². The highest BCUT2D eigenvalue weighted by atomic mass is 19.2. The van der Waals surface area contributed by atoms with E-state index in [1.54, 1.807) is 0 Å². The third kappa shape index (κ3) is 6.11. The van der Waals surface area contributed by atoms with Gasteiger partial charge in [-0.25, -0.2) is 91.4 Å². The van der Waals surface area contributed by atoms with Crippen molar-refractivity contribution >= 4 is 49.8 Å². The minimum absolute atomic E-state index is 0.116. The molecule has 8 bridgehead atoms. The lowest BCUT2D eigenvalue weighted by Gasteiger charge is -2.11. The van der Waals surface area contributed by atoms with Gasteiger partial charge in [-0.15, -0.1) is 4.79 Å². The lowest BCUT2D eigenvalue weighted by Crippen LogP contribution is -2.07. The molecule has 3 aromatic heterocycles. The number of benzene rings is 4. The summed E-state index contributed by atoms with van der Waals surface area (Å²) in [5.74, 6) is -36.9. The fourth-order valence-electron chi connectivity index (χ4n) is 7.57. The van der Waals surface area contributed by atoms with Crippen molar-refractivity contribution < 1.29 is 65.9 Å². The molecule has 5 heterocycles. The summed E-state index contributed by atoms with van der Waals surface area (Å²) in [4.78, 5) is 23.9. The Kier molecular flexibility index (Phi) is 10.2. The molecule has 0 saturated carbocycles. The summed E-state index contributed by atoms with van der Waals surface area (Å²) < 4.78 is 231. The van der Waals surface area contributed by atoms with Gasteiger partial charge in [0.25, 0.3) is 0 Å². The molecule has 0 aliphatic carbocycles. The van der Waals surface area contributed by atoms with Crippen molar-refractivity contribution in [2.24, 2.45) is 0 Å². The number of nitrogens with one attached hydrogen (secondary N) is 2. The van der Waals surface area contributed by atoms with Gasteiger partial charge in [0.2, 0.25) is 0 Å². The quantitative estimate of drug-likeness (QED) is 0.0676. The van der Waals surface area contributed by atoms with Gasteiger partial charge < -0.3 is 10.3 Å². The maximum Gasteiger partial charge on any atom is 0.198 e. The molecule has 2 aliphatic heterocycles. The number of aromatic nitrogens is 8. The molecule has 9 rings (SSSR count). The SMILES string of the molecule is CCCCCCCCNc1c(F)c(F)c(F)c2c3nc4nc(nc5c6c(F)c(F)c(F)c(F)c6c(nc6nc(nc([nH]3)c12)-c1c(F)c(F)c(F)c(F)c1-6)n5F)-c1c-4cc(F)c(F)c1F. The summed E-state index contributed by atoms with van der Waals surface area (Å²) in [6.07, 6.45) is 4.30. The molecule has 2 N–H and O–H groups in total. The van der Waals surface area contributed by atoms with Crippen LogP contribution in [-0.4, -0.2) is 46.2 Å². The average molecular weight is 912 g/mol. The van der Waals surface area contributed by atoms with Gasteiger partial charge in [-0.1, -0.05) is 43.5 Å². The zero-order chi connectivity index (χ0) is 45.8. The van der Waals surface area contributed by atoms with Crippen LogP contribution >= 0.6 is 0 Å². The lowest BCUT2D eigenvalue weighted by molar-refractivity contribution is 0.398. The van der Waals surface area contributed by atoms with Crippen molar-refractivity contribution in [2.45, 2.75) is 45.4 Å². The molecule has 0 atom stereocenters. The predicted molar refractivity (Wildman–Crippen MR) is 197 cm³/mol. The van der Waals surface area contributed by atoms with Crippen molar-refractivity contribution in [1.29, 1.82) is 0 Å². The van der Waals surface area contributed by atoms with Gasteiger partial charge in [0, 0.05) is 12.1 Å². The van der Waals surface area contributed by atoms with Crippen LogP contribution in [0.1, 0.15) is 45.4 Å². The summed E-state index contributed by atoms with van der Waals surface area (Å²) in [6, 6.07) is 0.252. The van der Waals surface area contributed by atoms with Crippen LogP contribution in [0.15, 0.2) is 6.07 Å². The number of H-pyrrole nitrogens is 1. The van der Waals surface area contributed by atoms with Crippen molar-refractivity contribution in [2.75, 3.05) is 11.9 Å². The number of hydrogen-bond acceptors (Lipinski definition) is 7. The van der Waals surface area contributed by atoms with Crippen LogP contribution in [0.3, 0.4) is 0 Å². The minimum Gasteiger partial charge on any atom is -0.382 e. The van der Waals surface area contributed by atoms with Gasteiger partial charge in [-0.2, -0.15) is 0 Å². The summed E-state index contributed by atoms with van der Waals surface area (Å²) >= 11 is 0. The molecule has 0 unspecified atom stereocenters. The van der Waals surface area contributed by atoms with Crippen LogP contribution < -0.4 is 5.32 Å². The Morgan fingerprint density at radius 1 is 0.453 bits per heavy atom. The van der Waals surface area contributed by atoms with E-state index in [0.29, 0.717) is 12.8 Å². The minimum atomic E-state index is -2.60. The van der Waals surface area contributed by atoms with Gasteiger partial charge in [0.05, 0.1) is 43.9 Å². The zero-order valence-corrected chi connectivity index (χ0v) is 31.8. The monoisotopic (exact) mass is 911 g/mol. The largest absolute Gasteiger partial charge is 0.382 e. The smallest absolute Gasteiger partial charge is 0.198 e. The van der Waals surface area contributed by atoms with Crippen LogP contribution in [0.5, 0.6) is 0 Å². The molecule has 0 radical (unpaired) electrons. The normalized spacial score (nSPS) is 12.2. The molecule has 0 fully saturated rings. The number of hydrogen-bond donors (Lipinski definition) is 2. The van der Waals surface area contributed by atoms with Crippen LogP contribution in [-0.2, 0) is 0 Å². The summed E-state index contributed by atoms with van der Waals surface area (Å²) in [5.41, 5.74) is -11.2. The fraction of sp³-hybridized carbons (Fsp3) is 0.200.